The lowest BCUT2D eigenvalue weighted by Crippen LogP contribution is -2.45. The Morgan fingerprint density at radius 1 is 1.50 bits per heavy atom. The number of nitriles is 1. The third-order valence-electron chi connectivity index (χ3n) is 3.33. The molecule has 1 aromatic rings. The van der Waals surface area contributed by atoms with Gasteiger partial charge in [-0.1, -0.05) is 23.2 Å². The van der Waals surface area contributed by atoms with Gasteiger partial charge in [0.15, 0.2) is 0 Å². The van der Waals surface area contributed by atoms with Crippen LogP contribution in [0.4, 0.5) is 4.79 Å². The lowest BCUT2D eigenvalue weighted by Gasteiger charge is -2.29. The van der Waals surface area contributed by atoms with Crippen LogP contribution in [0.1, 0.15) is 18.4 Å². The molecule has 0 bridgehead atoms. The summed E-state index contributed by atoms with van der Waals surface area (Å²) in [4.78, 5) is 13.7. The summed E-state index contributed by atoms with van der Waals surface area (Å²) < 4.78 is 0. The van der Waals surface area contributed by atoms with E-state index in [9.17, 15) is 4.79 Å². The maximum atomic E-state index is 12.1. The highest BCUT2D eigenvalue weighted by atomic mass is 35.5. The summed E-state index contributed by atoms with van der Waals surface area (Å²) in [6.45, 7) is 1.50. The second-order valence-electron chi connectivity index (χ2n) is 4.81. The van der Waals surface area contributed by atoms with Gasteiger partial charge in [0.05, 0.1) is 12.0 Å². The number of hydrogen-bond acceptors (Lipinski definition) is 2. The number of piperidine rings is 1. The Kier molecular flexibility index (Phi) is 5.11. The van der Waals surface area contributed by atoms with E-state index in [4.69, 9.17) is 28.5 Å². The van der Waals surface area contributed by atoms with Crippen LogP contribution in [0.2, 0.25) is 10.0 Å². The molecule has 1 aromatic carbocycles. The highest BCUT2D eigenvalue weighted by Gasteiger charge is 2.23. The molecule has 0 unspecified atom stereocenters. The number of amides is 2. The van der Waals surface area contributed by atoms with Crippen LogP contribution < -0.4 is 5.32 Å². The Morgan fingerprint density at radius 3 is 3.05 bits per heavy atom. The van der Waals surface area contributed by atoms with Gasteiger partial charge in [-0.25, -0.2) is 4.79 Å². The molecule has 0 saturated carbocycles. The lowest BCUT2D eigenvalue weighted by atomic mass is 10.0. The zero-order valence-electron chi connectivity index (χ0n) is 10.9. The molecule has 1 atom stereocenters. The van der Waals surface area contributed by atoms with Gasteiger partial charge in [-0.3, -0.25) is 0 Å². The van der Waals surface area contributed by atoms with E-state index in [1.54, 1.807) is 23.1 Å². The van der Waals surface area contributed by atoms with Crippen molar-refractivity contribution in [3.05, 3.63) is 33.8 Å². The summed E-state index contributed by atoms with van der Waals surface area (Å²) in [5, 5.41) is 12.9. The largest absolute Gasteiger partial charge is 0.334 e. The molecule has 0 spiro atoms. The highest BCUT2D eigenvalue weighted by molar-refractivity contribution is 6.33. The summed E-state index contributed by atoms with van der Waals surface area (Å²) in [6.07, 6.45) is 1.73. The van der Waals surface area contributed by atoms with Crippen LogP contribution in [-0.4, -0.2) is 24.0 Å². The number of carbonyl (C=O) groups excluding carboxylic acids is 1. The second kappa shape index (κ2) is 6.83. The fourth-order valence-electron chi connectivity index (χ4n) is 2.23. The van der Waals surface area contributed by atoms with Crippen molar-refractivity contribution in [3.63, 3.8) is 0 Å². The minimum absolute atomic E-state index is 0.0655. The van der Waals surface area contributed by atoms with Crippen molar-refractivity contribution in [1.29, 1.82) is 5.26 Å². The first kappa shape index (κ1) is 15.0. The van der Waals surface area contributed by atoms with Gasteiger partial charge in [-0.15, -0.1) is 0 Å². The minimum Gasteiger partial charge on any atom is -0.334 e. The van der Waals surface area contributed by atoms with Gasteiger partial charge in [0.25, 0.3) is 0 Å². The van der Waals surface area contributed by atoms with Crippen molar-refractivity contribution in [3.8, 4) is 6.07 Å². The number of halogens is 2. The molecule has 0 aromatic heterocycles. The molecule has 1 N–H and O–H groups in total. The third kappa shape index (κ3) is 3.78. The van der Waals surface area contributed by atoms with E-state index in [0.29, 0.717) is 29.7 Å². The van der Waals surface area contributed by atoms with Crippen LogP contribution in [0.25, 0.3) is 0 Å². The summed E-state index contributed by atoms with van der Waals surface area (Å²) in [5.74, 6) is -0.0655. The maximum Gasteiger partial charge on any atom is 0.317 e. The molecular formula is C14H15Cl2N3O. The molecule has 4 nitrogen and oxygen atoms in total. The molecule has 2 amide bonds. The van der Waals surface area contributed by atoms with Crippen molar-refractivity contribution in [2.45, 2.75) is 19.4 Å². The number of carbonyl (C=O) groups is 1. The van der Waals surface area contributed by atoms with Crippen LogP contribution in [0, 0.1) is 17.2 Å². The first-order valence-electron chi connectivity index (χ1n) is 6.46. The van der Waals surface area contributed by atoms with E-state index in [1.165, 1.54) is 0 Å². The van der Waals surface area contributed by atoms with Crippen LogP contribution in [0.5, 0.6) is 0 Å². The molecule has 2 rings (SSSR count). The maximum absolute atomic E-state index is 12.1. The molecular weight excluding hydrogens is 297 g/mol. The first-order valence-corrected chi connectivity index (χ1v) is 7.22. The number of likely N-dealkylation sites (tertiary alicyclic amines) is 1. The molecule has 20 heavy (non-hydrogen) atoms. The Bertz CT molecular complexity index is 542. The van der Waals surface area contributed by atoms with Gasteiger partial charge < -0.3 is 10.2 Å². The third-order valence-corrected chi connectivity index (χ3v) is 3.93. The number of nitrogens with zero attached hydrogens (tertiary/aromatic N) is 2. The number of rotatable bonds is 2. The molecule has 106 valence electrons. The average molecular weight is 312 g/mol. The SMILES string of the molecule is N#C[C@@H]1CCCN(C(=O)NCc2cc(Cl)ccc2Cl)C1. The van der Waals surface area contributed by atoms with Gasteiger partial charge in [-0.05, 0) is 36.6 Å². The standard InChI is InChI=1S/C14H15Cl2N3O/c15-12-3-4-13(16)11(6-12)8-18-14(20)19-5-1-2-10(7-17)9-19/h3-4,6,10H,1-2,5,8-9H2,(H,18,20)/t10-/m0/s1. The van der Waals surface area contributed by atoms with E-state index in [2.05, 4.69) is 11.4 Å². The number of benzene rings is 1. The molecule has 1 saturated heterocycles. The van der Waals surface area contributed by atoms with Crippen molar-refractivity contribution in [1.82, 2.24) is 10.2 Å². The van der Waals surface area contributed by atoms with Gasteiger partial charge >= 0.3 is 6.03 Å². The van der Waals surface area contributed by atoms with Crippen molar-refractivity contribution in [2.24, 2.45) is 5.92 Å². The molecule has 0 radical (unpaired) electrons. The van der Waals surface area contributed by atoms with Crippen LogP contribution in [-0.2, 0) is 6.54 Å². The lowest BCUT2D eigenvalue weighted by molar-refractivity contribution is 0.176. The average Bonchev–Trinajstić information content (AvgIpc) is 2.48. The van der Waals surface area contributed by atoms with E-state index in [-0.39, 0.29) is 11.9 Å². The molecule has 1 aliphatic rings. The van der Waals surface area contributed by atoms with Crippen LogP contribution in [0.3, 0.4) is 0 Å². The van der Waals surface area contributed by atoms with Crippen molar-refractivity contribution >= 4 is 29.2 Å². The Morgan fingerprint density at radius 2 is 2.30 bits per heavy atom. The van der Waals surface area contributed by atoms with Gasteiger partial charge in [0, 0.05) is 29.7 Å². The van der Waals surface area contributed by atoms with Crippen molar-refractivity contribution < 1.29 is 4.79 Å². The second-order valence-corrected chi connectivity index (χ2v) is 5.65. The zero-order valence-corrected chi connectivity index (χ0v) is 12.4. The van der Waals surface area contributed by atoms with Crippen LogP contribution in [0.15, 0.2) is 18.2 Å². The Hall–Kier alpha value is -1.44. The van der Waals surface area contributed by atoms with E-state index >= 15 is 0 Å². The molecule has 6 heteroatoms. The van der Waals surface area contributed by atoms with E-state index in [0.717, 1.165) is 18.4 Å². The fraction of sp³-hybridized carbons (Fsp3) is 0.429. The first-order chi connectivity index (χ1) is 9.60. The summed E-state index contributed by atoms with van der Waals surface area (Å²) >= 11 is 11.9. The molecule has 1 fully saturated rings. The van der Waals surface area contributed by atoms with E-state index in [1.807, 2.05) is 0 Å². The predicted octanol–water partition coefficient (Wildman–Crippen LogP) is 3.44. The number of hydrogen-bond donors (Lipinski definition) is 1. The minimum atomic E-state index is -0.166. The normalized spacial score (nSPS) is 18.4. The van der Waals surface area contributed by atoms with E-state index < -0.39 is 0 Å². The van der Waals surface area contributed by atoms with Gasteiger partial charge in [0.2, 0.25) is 0 Å². The Labute approximate surface area is 128 Å². The number of urea groups is 1. The molecule has 0 aliphatic carbocycles. The predicted molar refractivity (Wildman–Crippen MR) is 78.6 cm³/mol. The summed E-state index contributed by atoms with van der Waals surface area (Å²) in [6, 6.07) is 7.20. The Balaban J connectivity index is 1.92. The quantitative estimate of drug-likeness (QED) is 0.909. The topological polar surface area (TPSA) is 56.1 Å². The summed E-state index contributed by atoms with van der Waals surface area (Å²) in [7, 11) is 0. The fourth-order valence-corrected chi connectivity index (χ4v) is 2.61. The monoisotopic (exact) mass is 311 g/mol. The van der Waals surface area contributed by atoms with Gasteiger partial charge in [0.1, 0.15) is 0 Å². The van der Waals surface area contributed by atoms with Crippen molar-refractivity contribution in [2.75, 3.05) is 13.1 Å². The highest BCUT2D eigenvalue weighted by Crippen LogP contribution is 2.21. The smallest absolute Gasteiger partial charge is 0.317 e. The summed E-state index contributed by atoms with van der Waals surface area (Å²) in [5.41, 5.74) is 0.779. The number of nitrogens with one attached hydrogen (secondary N) is 1. The van der Waals surface area contributed by atoms with Crippen LogP contribution >= 0.6 is 23.2 Å². The molecule has 1 aliphatic heterocycles. The zero-order chi connectivity index (χ0) is 14.5. The van der Waals surface area contributed by atoms with Gasteiger partial charge in [-0.2, -0.15) is 5.26 Å². The molecule has 1 heterocycles.